The van der Waals surface area contributed by atoms with Gasteiger partial charge in [-0.2, -0.15) is 0 Å². The molecule has 0 radical (unpaired) electrons. The van der Waals surface area contributed by atoms with Gasteiger partial charge in [0, 0.05) is 0 Å². The SMILES string of the molecule is [Cl-].[Cl-].[Mg+2].[Mg+2].[O-]B([O-])Oc1ccccc1. The molecule has 0 N–H and O–H groups in total. The van der Waals surface area contributed by atoms with Crippen molar-refractivity contribution in [3.8, 4) is 5.75 Å². The van der Waals surface area contributed by atoms with Gasteiger partial charge in [-0.05, 0) is 12.1 Å². The van der Waals surface area contributed by atoms with E-state index in [2.05, 4.69) is 4.65 Å². The Labute approximate surface area is 128 Å². The van der Waals surface area contributed by atoms with E-state index in [4.69, 9.17) is 0 Å². The van der Waals surface area contributed by atoms with Crippen LogP contribution in [0.2, 0.25) is 0 Å². The number of para-hydroxylation sites is 1. The molecule has 0 spiro atoms. The van der Waals surface area contributed by atoms with E-state index in [1.807, 2.05) is 0 Å². The average molecular weight is 255 g/mol. The van der Waals surface area contributed by atoms with Crippen LogP contribution in [0.15, 0.2) is 30.3 Å². The van der Waals surface area contributed by atoms with E-state index in [-0.39, 0.29) is 70.9 Å². The molecule has 1 aromatic rings. The second-order valence-electron chi connectivity index (χ2n) is 1.72. The van der Waals surface area contributed by atoms with E-state index in [9.17, 15) is 10.0 Å². The van der Waals surface area contributed by atoms with Crippen molar-refractivity contribution in [1.82, 2.24) is 0 Å². The van der Waals surface area contributed by atoms with Crippen molar-refractivity contribution in [2.24, 2.45) is 0 Å². The van der Waals surface area contributed by atoms with Gasteiger partial charge in [-0.3, -0.25) is 0 Å². The molecule has 0 heterocycles. The van der Waals surface area contributed by atoms with Crippen LogP contribution in [0.5, 0.6) is 5.75 Å². The summed E-state index contributed by atoms with van der Waals surface area (Å²) in [7, 11) is -2.23. The monoisotopic (exact) mass is 254 g/mol. The van der Waals surface area contributed by atoms with Gasteiger partial charge in [0.1, 0.15) is 7.32 Å². The molecule has 1 aromatic carbocycles. The molecule has 0 aliphatic heterocycles. The minimum absolute atomic E-state index is 0. The first-order valence-corrected chi connectivity index (χ1v) is 2.82. The van der Waals surface area contributed by atoms with Gasteiger partial charge >= 0.3 is 46.1 Å². The molecule has 0 fully saturated rings. The fourth-order valence-electron chi connectivity index (χ4n) is 0.610. The topological polar surface area (TPSA) is 55.3 Å². The molecule has 3 nitrogen and oxygen atoms in total. The standard InChI is InChI=1S/C6H5BO3.2ClH.2Mg/c8-7(9)10-6-4-2-1-3-5-6;;;;/h1-5H;2*1H;;/q-2;;;2*+2/p-2. The molecule has 0 atom stereocenters. The molecular formula is C6H5BCl2Mg2O3. The third-order valence-electron chi connectivity index (χ3n) is 0.976. The van der Waals surface area contributed by atoms with Crippen molar-refractivity contribution in [2.45, 2.75) is 0 Å². The minimum Gasteiger partial charge on any atom is -1.00 e. The molecule has 0 aliphatic rings. The predicted molar refractivity (Wildman–Crippen MR) is 44.3 cm³/mol. The van der Waals surface area contributed by atoms with Crippen molar-refractivity contribution < 1.29 is 39.5 Å². The van der Waals surface area contributed by atoms with E-state index < -0.39 is 7.32 Å². The third kappa shape index (κ3) is 11.2. The Morgan fingerprint density at radius 3 is 1.71 bits per heavy atom. The molecular weight excluding hydrogens is 250 g/mol. The molecule has 1 rings (SSSR count). The molecule has 0 amide bonds. The summed E-state index contributed by atoms with van der Waals surface area (Å²) in [5.74, 6) is 0.317. The summed E-state index contributed by atoms with van der Waals surface area (Å²) in [4.78, 5) is 0. The van der Waals surface area contributed by atoms with Crippen LogP contribution in [0.25, 0.3) is 0 Å². The Kier molecular flexibility index (Phi) is 24.6. The molecule has 0 unspecified atom stereocenters. The Morgan fingerprint density at radius 2 is 1.36 bits per heavy atom. The Hall–Kier alpha value is 1.12. The molecule has 0 aromatic heterocycles. The second kappa shape index (κ2) is 14.1. The normalized spacial score (nSPS) is 6.43. The first-order chi connectivity index (χ1) is 4.79. The summed E-state index contributed by atoms with van der Waals surface area (Å²) < 4.78 is 4.30. The third-order valence-corrected chi connectivity index (χ3v) is 0.976. The molecule has 0 aliphatic carbocycles. The molecule has 0 saturated carbocycles. The summed E-state index contributed by atoms with van der Waals surface area (Å²) in [5, 5.41) is 19.8. The van der Waals surface area contributed by atoms with Crippen molar-refractivity contribution in [1.29, 1.82) is 0 Å². The van der Waals surface area contributed by atoms with Gasteiger partial charge in [0.15, 0.2) is 0 Å². The van der Waals surface area contributed by atoms with E-state index in [1.54, 1.807) is 30.3 Å². The summed E-state index contributed by atoms with van der Waals surface area (Å²) >= 11 is 0. The second-order valence-corrected chi connectivity index (χ2v) is 1.72. The van der Waals surface area contributed by atoms with Crippen molar-refractivity contribution >= 4 is 53.4 Å². The molecule has 0 saturated heterocycles. The van der Waals surface area contributed by atoms with Crippen LogP contribution >= 0.6 is 0 Å². The summed E-state index contributed by atoms with van der Waals surface area (Å²) in [5.41, 5.74) is 0. The van der Waals surface area contributed by atoms with Crippen LogP contribution in [-0.4, -0.2) is 53.4 Å². The van der Waals surface area contributed by atoms with Gasteiger partial charge in [0.2, 0.25) is 0 Å². The summed E-state index contributed by atoms with van der Waals surface area (Å²) in [6.07, 6.45) is 0. The Bertz CT molecular complexity index is 204. The number of halogens is 2. The van der Waals surface area contributed by atoms with Gasteiger partial charge in [0.05, 0.1) is 5.75 Å². The Balaban J connectivity index is -0.000000125. The molecule has 14 heavy (non-hydrogen) atoms. The van der Waals surface area contributed by atoms with Crippen LogP contribution in [0.1, 0.15) is 0 Å². The number of hydrogen-bond donors (Lipinski definition) is 0. The van der Waals surface area contributed by atoms with Crippen LogP contribution in [0, 0.1) is 0 Å². The van der Waals surface area contributed by atoms with E-state index in [0.717, 1.165) is 0 Å². The largest absolute Gasteiger partial charge is 2.00 e. The van der Waals surface area contributed by atoms with Crippen molar-refractivity contribution in [3.63, 3.8) is 0 Å². The Morgan fingerprint density at radius 1 is 0.929 bits per heavy atom. The predicted octanol–water partition coefficient (Wildman–Crippen LogP) is -7.98. The molecule has 68 valence electrons. The average Bonchev–Trinajstić information content (AvgIpc) is 1.88. The maximum atomic E-state index is 9.92. The fraction of sp³-hybridized carbons (Fsp3) is 0. The maximum absolute atomic E-state index is 9.92. The quantitative estimate of drug-likeness (QED) is 0.493. The van der Waals surface area contributed by atoms with Gasteiger partial charge in [-0.15, -0.1) is 0 Å². The van der Waals surface area contributed by atoms with Gasteiger partial charge < -0.3 is 39.5 Å². The van der Waals surface area contributed by atoms with Crippen molar-refractivity contribution in [2.75, 3.05) is 0 Å². The first kappa shape index (κ1) is 24.4. The van der Waals surface area contributed by atoms with Gasteiger partial charge in [0.25, 0.3) is 0 Å². The summed E-state index contributed by atoms with van der Waals surface area (Å²) in [6.45, 7) is 0. The molecule has 8 heteroatoms. The van der Waals surface area contributed by atoms with Crippen molar-refractivity contribution in [3.05, 3.63) is 30.3 Å². The minimum atomic E-state index is -2.23. The fourth-order valence-corrected chi connectivity index (χ4v) is 0.610. The molecule has 0 bridgehead atoms. The number of rotatable bonds is 2. The van der Waals surface area contributed by atoms with Gasteiger partial charge in [-0.1, -0.05) is 18.2 Å². The van der Waals surface area contributed by atoms with E-state index >= 15 is 0 Å². The number of benzene rings is 1. The van der Waals surface area contributed by atoms with Crippen LogP contribution in [0.3, 0.4) is 0 Å². The smallest absolute Gasteiger partial charge is 1.00 e. The van der Waals surface area contributed by atoms with E-state index in [1.165, 1.54) is 0 Å². The zero-order chi connectivity index (χ0) is 7.40. The summed E-state index contributed by atoms with van der Waals surface area (Å²) in [6, 6.07) is 8.28. The van der Waals surface area contributed by atoms with Crippen LogP contribution in [-0.2, 0) is 0 Å². The van der Waals surface area contributed by atoms with E-state index in [0.29, 0.717) is 5.75 Å². The number of hydrogen-bond acceptors (Lipinski definition) is 3. The zero-order valence-electron chi connectivity index (χ0n) is 7.36. The van der Waals surface area contributed by atoms with Gasteiger partial charge in [-0.25, -0.2) is 0 Å². The van der Waals surface area contributed by atoms with Crippen LogP contribution in [0.4, 0.5) is 0 Å². The first-order valence-electron chi connectivity index (χ1n) is 2.82. The van der Waals surface area contributed by atoms with Crippen LogP contribution < -0.4 is 39.5 Å². The maximum Gasteiger partial charge on any atom is 2.00 e. The zero-order valence-corrected chi connectivity index (χ0v) is 11.7.